The Kier molecular flexibility index (Phi) is 5.80. The molecule has 0 spiro atoms. The predicted octanol–water partition coefficient (Wildman–Crippen LogP) is 2.69. The number of aromatic nitrogens is 1. The van der Waals surface area contributed by atoms with E-state index in [1.54, 1.807) is 0 Å². The van der Waals surface area contributed by atoms with Crippen LogP contribution in [-0.2, 0) is 11.3 Å². The maximum absolute atomic E-state index is 5.99. The summed E-state index contributed by atoms with van der Waals surface area (Å²) in [4.78, 5) is 4.48. The molecular formula is C16H26N2O2. The van der Waals surface area contributed by atoms with Crippen LogP contribution < -0.4 is 10.1 Å². The normalized spacial score (nSPS) is 16.6. The molecule has 0 unspecified atom stereocenters. The Balaban J connectivity index is 1.93. The molecule has 1 aromatic rings. The van der Waals surface area contributed by atoms with Crippen molar-refractivity contribution in [3.05, 3.63) is 23.4 Å². The fourth-order valence-corrected chi connectivity index (χ4v) is 2.34. The summed E-state index contributed by atoms with van der Waals surface area (Å²) in [5.74, 6) is 1.41. The van der Waals surface area contributed by atoms with E-state index >= 15 is 0 Å². The molecule has 2 heterocycles. The van der Waals surface area contributed by atoms with Gasteiger partial charge in [-0.05, 0) is 31.0 Å². The lowest BCUT2D eigenvalue weighted by Crippen LogP contribution is -2.26. The number of rotatable bonds is 6. The molecule has 4 heteroatoms. The van der Waals surface area contributed by atoms with Gasteiger partial charge in [-0.1, -0.05) is 13.8 Å². The van der Waals surface area contributed by atoms with Gasteiger partial charge in [0.15, 0.2) is 0 Å². The largest absolute Gasteiger partial charge is 0.474 e. The highest BCUT2D eigenvalue weighted by molar-refractivity contribution is 5.24. The van der Waals surface area contributed by atoms with E-state index in [-0.39, 0.29) is 6.10 Å². The van der Waals surface area contributed by atoms with Crippen molar-refractivity contribution in [3.63, 3.8) is 0 Å². The van der Waals surface area contributed by atoms with Crippen LogP contribution >= 0.6 is 0 Å². The summed E-state index contributed by atoms with van der Waals surface area (Å²) in [5, 5.41) is 3.46. The van der Waals surface area contributed by atoms with Crippen LogP contribution in [0.1, 0.15) is 37.9 Å². The zero-order valence-corrected chi connectivity index (χ0v) is 12.8. The van der Waals surface area contributed by atoms with Gasteiger partial charge in [0, 0.05) is 31.1 Å². The molecule has 1 aliphatic rings. The van der Waals surface area contributed by atoms with Crippen molar-refractivity contribution >= 4 is 0 Å². The Hall–Kier alpha value is -1.13. The average Bonchev–Trinajstić information content (AvgIpc) is 2.38. The molecule has 1 fully saturated rings. The molecule has 0 radical (unpaired) electrons. The van der Waals surface area contributed by atoms with Crippen LogP contribution in [0.15, 0.2) is 12.1 Å². The van der Waals surface area contributed by atoms with Crippen molar-refractivity contribution in [1.29, 1.82) is 0 Å². The van der Waals surface area contributed by atoms with Crippen LogP contribution in [0.25, 0.3) is 0 Å². The van der Waals surface area contributed by atoms with E-state index in [4.69, 9.17) is 9.47 Å². The lowest BCUT2D eigenvalue weighted by molar-refractivity contribution is 0.0236. The standard InChI is InChI=1S/C16H26N2O2/c1-12(2)10-17-11-14-8-13(3)18-16(9-14)20-15-4-6-19-7-5-15/h8-9,12,15,17H,4-7,10-11H2,1-3H3. The van der Waals surface area contributed by atoms with Crippen molar-refractivity contribution in [2.24, 2.45) is 5.92 Å². The smallest absolute Gasteiger partial charge is 0.214 e. The highest BCUT2D eigenvalue weighted by atomic mass is 16.5. The second kappa shape index (κ2) is 7.60. The number of nitrogens with one attached hydrogen (secondary N) is 1. The van der Waals surface area contributed by atoms with E-state index in [1.807, 2.05) is 6.92 Å². The summed E-state index contributed by atoms with van der Waals surface area (Å²) in [6.45, 7) is 9.92. The number of pyridine rings is 1. The summed E-state index contributed by atoms with van der Waals surface area (Å²) in [7, 11) is 0. The van der Waals surface area contributed by atoms with Gasteiger partial charge in [-0.3, -0.25) is 0 Å². The minimum absolute atomic E-state index is 0.245. The highest BCUT2D eigenvalue weighted by Crippen LogP contribution is 2.18. The van der Waals surface area contributed by atoms with Gasteiger partial charge in [-0.15, -0.1) is 0 Å². The molecule has 0 aromatic carbocycles. The van der Waals surface area contributed by atoms with Gasteiger partial charge in [0.2, 0.25) is 5.88 Å². The molecule has 0 bridgehead atoms. The fraction of sp³-hybridized carbons (Fsp3) is 0.688. The molecule has 1 saturated heterocycles. The summed E-state index contributed by atoms with van der Waals surface area (Å²) >= 11 is 0. The van der Waals surface area contributed by atoms with Gasteiger partial charge in [-0.2, -0.15) is 0 Å². The van der Waals surface area contributed by atoms with Crippen LogP contribution in [-0.4, -0.2) is 30.8 Å². The van der Waals surface area contributed by atoms with E-state index in [1.165, 1.54) is 5.56 Å². The zero-order chi connectivity index (χ0) is 14.4. The molecule has 0 aliphatic carbocycles. The summed E-state index contributed by atoms with van der Waals surface area (Å²) < 4.78 is 11.3. The minimum atomic E-state index is 0.245. The summed E-state index contributed by atoms with van der Waals surface area (Å²) in [6.07, 6.45) is 2.15. The van der Waals surface area contributed by atoms with Crippen molar-refractivity contribution in [3.8, 4) is 5.88 Å². The molecule has 112 valence electrons. The molecule has 1 N–H and O–H groups in total. The van der Waals surface area contributed by atoms with Crippen molar-refractivity contribution in [2.75, 3.05) is 19.8 Å². The Morgan fingerprint density at radius 2 is 2.10 bits per heavy atom. The maximum Gasteiger partial charge on any atom is 0.214 e. The van der Waals surface area contributed by atoms with Crippen LogP contribution in [0.2, 0.25) is 0 Å². The third kappa shape index (κ3) is 5.10. The van der Waals surface area contributed by atoms with Crippen molar-refractivity contribution < 1.29 is 9.47 Å². The molecular weight excluding hydrogens is 252 g/mol. The molecule has 1 aliphatic heterocycles. The van der Waals surface area contributed by atoms with Gasteiger partial charge in [0.25, 0.3) is 0 Å². The van der Waals surface area contributed by atoms with Crippen molar-refractivity contribution in [2.45, 2.75) is 46.3 Å². The number of hydrogen-bond acceptors (Lipinski definition) is 4. The van der Waals surface area contributed by atoms with Crippen molar-refractivity contribution in [1.82, 2.24) is 10.3 Å². The number of ether oxygens (including phenoxy) is 2. The topological polar surface area (TPSA) is 43.4 Å². The van der Waals surface area contributed by atoms with Gasteiger partial charge in [0.05, 0.1) is 13.2 Å². The molecule has 0 saturated carbocycles. The van der Waals surface area contributed by atoms with Crippen LogP contribution in [0.4, 0.5) is 0 Å². The first-order chi connectivity index (χ1) is 9.63. The second-order valence-electron chi connectivity index (χ2n) is 5.91. The SMILES string of the molecule is Cc1cc(CNCC(C)C)cc(OC2CCOCC2)n1. The quantitative estimate of drug-likeness (QED) is 0.869. The highest BCUT2D eigenvalue weighted by Gasteiger charge is 2.16. The fourth-order valence-electron chi connectivity index (χ4n) is 2.34. The number of aryl methyl sites for hydroxylation is 1. The second-order valence-corrected chi connectivity index (χ2v) is 5.91. The Morgan fingerprint density at radius 3 is 2.80 bits per heavy atom. The van der Waals surface area contributed by atoms with Gasteiger partial charge in [-0.25, -0.2) is 4.98 Å². The molecule has 0 atom stereocenters. The van der Waals surface area contributed by atoms with E-state index in [9.17, 15) is 0 Å². The number of hydrogen-bond donors (Lipinski definition) is 1. The monoisotopic (exact) mass is 278 g/mol. The van der Waals surface area contributed by atoms with Crippen LogP contribution in [0, 0.1) is 12.8 Å². The Labute approximate surface area is 121 Å². The zero-order valence-electron chi connectivity index (χ0n) is 12.8. The molecule has 2 rings (SSSR count). The molecule has 20 heavy (non-hydrogen) atoms. The molecule has 1 aromatic heterocycles. The first-order valence-electron chi connectivity index (χ1n) is 7.56. The van der Waals surface area contributed by atoms with E-state index in [0.717, 1.165) is 50.7 Å². The molecule has 4 nitrogen and oxygen atoms in total. The van der Waals surface area contributed by atoms with E-state index in [0.29, 0.717) is 5.92 Å². The minimum Gasteiger partial charge on any atom is -0.474 e. The maximum atomic E-state index is 5.99. The van der Waals surface area contributed by atoms with Gasteiger partial charge < -0.3 is 14.8 Å². The lowest BCUT2D eigenvalue weighted by Gasteiger charge is -2.23. The Bertz CT molecular complexity index is 415. The van der Waals surface area contributed by atoms with E-state index in [2.05, 4.69) is 36.3 Å². The van der Waals surface area contributed by atoms with E-state index < -0.39 is 0 Å². The lowest BCUT2D eigenvalue weighted by atomic mass is 10.1. The number of nitrogens with zero attached hydrogens (tertiary/aromatic N) is 1. The average molecular weight is 278 g/mol. The molecule has 0 amide bonds. The van der Waals surface area contributed by atoms with Gasteiger partial charge >= 0.3 is 0 Å². The van der Waals surface area contributed by atoms with Gasteiger partial charge in [0.1, 0.15) is 6.10 Å². The van der Waals surface area contributed by atoms with Crippen LogP contribution in [0.3, 0.4) is 0 Å². The predicted molar refractivity (Wildman–Crippen MR) is 80.0 cm³/mol. The first kappa shape index (κ1) is 15.3. The third-order valence-corrected chi connectivity index (χ3v) is 3.33. The third-order valence-electron chi connectivity index (χ3n) is 3.33. The summed E-state index contributed by atoms with van der Waals surface area (Å²) in [6, 6.07) is 4.17. The first-order valence-corrected chi connectivity index (χ1v) is 7.56. The Morgan fingerprint density at radius 1 is 1.35 bits per heavy atom. The van der Waals surface area contributed by atoms with Crippen LogP contribution in [0.5, 0.6) is 5.88 Å². The summed E-state index contributed by atoms with van der Waals surface area (Å²) in [5.41, 5.74) is 2.25.